The number of benzene rings is 1. The zero-order chi connectivity index (χ0) is 17.2. The van der Waals surface area contributed by atoms with Crippen molar-refractivity contribution in [1.82, 2.24) is 19.2 Å². The normalized spacial score (nSPS) is 14.4. The molecule has 0 unspecified atom stereocenters. The van der Waals surface area contributed by atoms with Crippen molar-refractivity contribution in [2.45, 2.75) is 17.9 Å². The first-order valence-electron chi connectivity index (χ1n) is 7.99. The number of fused-ring (bicyclic) bond motifs is 1. The summed E-state index contributed by atoms with van der Waals surface area (Å²) in [5.74, 6) is 0.581. The van der Waals surface area contributed by atoms with Crippen molar-refractivity contribution in [3.63, 3.8) is 0 Å². The van der Waals surface area contributed by atoms with E-state index in [4.69, 9.17) is 11.6 Å². The van der Waals surface area contributed by atoms with Crippen molar-refractivity contribution in [2.75, 3.05) is 18.8 Å². The molecule has 8 heteroatoms. The Labute approximate surface area is 158 Å². The van der Waals surface area contributed by atoms with Crippen LogP contribution >= 0.6 is 34.9 Å². The summed E-state index contributed by atoms with van der Waals surface area (Å²) in [5.41, 5.74) is 2.61. The number of hydrogen-bond donors (Lipinski definition) is 0. The molecule has 0 spiro atoms. The zero-order valence-corrected chi connectivity index (χ0v) is 15.7. The number of thioether (sulfide) groups is 1. The van der Waals surface area contributed by atoms with E-state index in [-0.39, 0.29) is 5.91 Å². The van der Waals surface area contributed by atoms with Crippen molar-refractivity contribution in [1.29, 1.82) is 0 Å². The average molecular weight is 391 g/mol. The molecule has 3 heterocycles. The number of nitrogens with zero attached hydrogens (tertiary/aromatic N) is 4. The number of halogens is 1. The fraction of sp³-hybridized carbons (Fsp3) is 0.294. The molecule has 0 N–H and O–H groups in total. The predicted octanol–water partition coefficient (Wildman–Crippen LogP) is 4.12. The third-order valence-electron chi connectivity index (χ3n) is 4.13. The van der Waals surface area contributed by atoms with E-state index in [1.54, 1.807) is 6.33 Å². The lowest BCUT2D eigenvalue weighted by molar-refractivity contribution is -0.127. The minimum atomic E-state index is 0.178. The van der Waals surface area contributed by atoms with E-state index in [1.165, 1.54) is 23.3 Å². The van der Waals surface area contributed by atoms with Gasteiger partial charge in [0.2, 0.25) is 5.91 Å². The molecule has 0 atom stereocenters. The second-order valence-electron chi connectivity index (χ2n) is 5.77. The Hall–Kier alpha value is -1.70. The van der Waals surface area contributed by atoms with E-state index < -0.39 is 0 Å². The summed E-state index contributed by atoms with van der Waals surface area (Å²) < 4.78 is 5.47. The van der Waals surface area contributed by atoms with Crippen LogP contribution in [0.3, 0.4) is 0 Å². The van der Waals surface area contributed by atoms with Crippen LogP contribution in [0.15, 0.2) is 35.6 Å². The lowest BCUT2D eigenvalue weighted by Gasteiger charge is -2.14. The van der Waals surface area contributed by atoms with Crippen molar-refractivity contribution in [2.24, 2.45) is 0 Å². The monoisotopic (exact) mass is 390 g/mol. The number of amides is 1. The van der Waals surface area contributed by atoms with Gasteiger partial charge >= 0.3 is 0 Å². The first-order chi connectivity index (χ1) is 12.2. The van der Waals surface area contributed by atoms with Gasteiger partial charge < -0.3 is 4.90 Å². The van der Waals surface area contributed by atoms with Crippen LogP contribution in [0.2, 0.25) is 5.02 Å². The molecule has 1 aliphatic rings. The molecule has 128 valence electrons. The van der Waals surface area contributed by atoms with Crippen LogP contribution in [0.1, 0.15) is 12.8 Å². The van der Waals surface area contributed by atoms with Crippen LogP contribution in [0.5, 0.6) is 0 Å². The SMILES string of the molecule is O=C(CSc1ncnc2c(-c3ccc(Cl)cc3)nsc12)N1CCCC1. The Morgan fingerprint density at radius 1 is 1.20 bits per heavy atom. The Morgan fingerprint density at radius 2 is 1.96 bits per heavy atom. The second kappa shape index (κ2) is 7.27. The van der Waals surface area contributed by atoms with Crippen molar-refractivity contribution >= 4 is 51.0 Å². The molecule has 25 heavy (non-hydrogen) atoms. The first-order valence-corrected chi connectivity index (χ1v) is 10.1. The maximum Gasteiger partial charge on any atom is 0.232 e. The van der Waals surface area contributed by atoms with Crippen molar-refractivity contribution < 1.29 is 4.79 Å². The van der Waals surface area contributed by atoms with Gasteiger partial charge in [0.05, 0.1) is 5.75 Å². The average Bonchev–Trinajstić information content (AvgIpc) is 3.30. The van der Waals surface area contributed by atoms with Gasteiger partial charge in [0.1, 0.15) is 27.3 Å². The van der Waals surface area contributed by atoms with Gasteiger partial charge in [-0.15, -0.1) is 0 Å². The van der Waals surface area contributed by atoms with Gasteiger partial charge in [-0.3, -0.25) is 4.79 Å². The summed E-state index contributed by atoms with van der Waals surface area (Å²) in [4.78, 5) is 22.9. The van der Waals surface area contributed by atoms with Gasteiger partial charge in [-0.05, 0) is 36.5 Å². The molecule has 1 aliphatic heterocycles. The quantitative estimate of drug-likeness (QED) is 0.495. The minimum absolute atomic E-state index is 0.178. The Balaban J connectivity index is 1.58. The maximum absolute atomic E-state index is 12.3. The number of aromatic nitrogens is 3. The zero-order valence-electron chi connectivity index (χ0n) is 13.3. The number of likely N-dealkylation sites (tertiary alicyclic amines) is 1. The summed E-state index contributed by atoms with van der Waals surface area (Å²) in [6.45, 7) is 1.75. The van der Waals surface area contributed by atoms with Crippen LogP contribution in [0.4, 0.5) is 0 Å². The minimum Gasteiger partial charge on any atom is -0.342 e. The van der Waals surface area contributed by atoms with Crippen LogP contribution in [0, 0.1) is 0 Å². The van der Waals surface area contributed by atoms with Crippen molar-refractivity contribution in [3.8, 4) is 11.3 Å². The van der Waals surface area contributed by atoms with E-state index in [9.17, 15) is 4.79 Å². The molecular weight excluding hydrogens is 376 g/mol. The lowest BCUT2D eigenvalue weighted by Crippen LogP contribution is -2.29. The summed E-state index contributed by atoms with van der Waals surface area (Å²) in [6.07, 6.45) is 3.75. The first kappa shape index (κ1) is 16.8. The maximum atomic E-state index is 12.3. The third kappa shape index (κ3) is 3.49. The molecule has 4 rings (SSSR count). The van der Waals surface area contributed by atoms with Gasteiger partial charge in [-0.2, -0.15) is 4.37 Å². The second-order valence-corrected chi connectivity index (χ2v) is 7.95. The molecule has 3 aromatic rings. The summed E-state index contributed by atoms with van der Waals surface area (Å²) in [6, 6.07) is 7.55. The van der Waals surface area contributed by atoms with Crippen molar-refractivity contribution in [3.05, 3.63) is 35.6 Å². The van der Waals surface area contributed by atoms with Gasteiger partial charge in [0.15, 0.2) is 0 Å². The molecule has 0 aliphatic carbocycles. The van der Waals surface area contributed by atoms with E-state index >= 15 is 0 Å². The van der Waals surface area contributed by atoms with Crippen LogP contribution in [-0.4, -0.2) is 44.0 Å². The van der Waals surface area contributed by atoms with E-state index in [1.807, 2.05) is 29.2 Å². The number of hydrogen-bond acceptors (Lipinski definition) is 6. The standard InChI is InChI=1S/C17H15ClN4OS2/c18-12-5-3-11(4-6-12)14-15-16(25-21-14)17(20-10-19-15)24-9-13(23)22-7-1-2-8-22/h3-6,10H,1-2,7-9H2. The summed E-state index contributed by atoms with van der Waals surface area (Å²) in [7, 11) is 0. The predicted molar refractivity (Wildman–Crippen MR) is 102 cm³/mol. The highest BCUT2D eigenvalue weighted by molar-refractivity contribution is 8.00. The Kier molecular flexibility index (Phi) is 4.87. The van der Waals surface area contributed by atoms with Gasteiger partial charge in [0, 0.05) is 23.7 Å². The Morgan fingerprint density at radius 3 is 2.72 bits per heavy atom. The molecule has 2 aromatic heterocycles. The fourth-order valence-electron chi connectivity index (χ4n) is 2.83. The van der Waals surface area contributed by atoms with Crippen LogP contribution in [-0.2, 0) is 4.79 Å². The number of carbonyl (C=O) groups excluding carboxylic acids is 1. The number of carbonyl (C=O) groups is 1. The third-order valence-corrected chi connectivity index (χ3v) is 6.33. The number of rotatable bonds is 4. The van der Waals surface area contributed by atoms with Crippen LogP contribution < -0.4 is 0 Å². The molecule has 0 saturated carbocycles. The molecule has 1 amide bonds. The smallest absolute Gasteiger partial charge is 0.232 e. The molecule has 1 saturated heterocycles. The fourth-order valence-corrected chi connectivity index (χ4v) is 4.78. The largest absolute Gasteiger partial charge is 0.342 e. The van der Waals surface area contributed by atoms with Gasteiger partial charge in [-0.1, -0.05) is 35.5 Å². The molecular formula is C17H15ClN4OS2. The summed E-state index contributed by atoms with van der Waals surface area (Å²) >= 11 is 8.79. The van der Waals surface area contributed by atoms with Crippen LogP contribution in [0.25, 0.3) is 21.5 Å². The van der Waals surface area contributed by atoms with E-state index in [0.29, 0.717) is 10.8 Å². The molecule has 5 nitrogen and oxygen atoms in total. The van der Waals surface area contributed by atoms with Gasteiger partial charge in [-0.25, -0.2) is 9.97 Å². The molecule has 1 fully saturated rings. The van der Waals surface area contributed by atoms with E-state index in [0.717, 1.165) is 52.4 Å². The topological polar surface area (TPSA) is 59.0 Å². The van der Waals surface area contributed by atoms with E-state index in [2.05, 4.69) is 14.3 Å². The highest BCUT2D eigenvalue weighted by Gasteiger charge is 2.20. The highest BCUT2D eigenvalue weighted by atomic mass is 35.5. The molecule has 1 aromatic carbocycles. The summed E-state index contributed by atoms with van der Waals surface area (Å²) in [5, 5.41) is 1.50. The van der Waals surface area contributed by atoms with Gasteiger partial charge in [0.25, 0.3) is 0 Å². The molecule has 0 bridgehead atoms. The molecule has 0 radical (unpaired) electrons. The highest BCUT2D eigenvalue weighted by Crippen LogP contribution is 2.34. The lowest BCUT2D eigenvalue weighted by atomic mass is 10.1. The Bertz CT molecular complexity index is 907.